The van der Waals surface area contributed by atoms with Crippen LogP contribution in [-0.2, 0) is 9.84 Å². The Morgan fingerprint density at radius 1 is 1.00 bits per heavy atom. The number of rotatable bonds is 8. The van der Waals surface area contributed by atoms with E-state index in [0.717, 1.165) is 16.7 Å². The van der Waals surface area contributed by atoms with E-state index >= 15 is 0 Å². The molecule has 0 atom stereocenters. The first-order chi connectivity index (χ1) is 15.5. The van der Waals surface area contributed by atoms with Crippen molar-refractivity contribution in [3.05, 3.63) is 89.5 Å². The fourth-order valence-electron chi connectivity index (χ4n) is 3.08. The lowest BCUT2D eigenvalue weighted by Crippen LogP contribution is -2.29. The van der Waals surface area contributed by atoms with Gasteiger partial charge in [0.15, 0.2) is 9.84 Å². The minimum absolute atomic E-state index is 0.0499. The van der Waals surface area contributed by atoms with Crippen LogP contribution in [0.5, 0.6) is 0 Å². The maximum absolute atomic E-state index is 12.0. The van der Waals surface area contributed by atoms with Crippen LogP contribution < -0.4 is 5.32 Å². The number of halogens is 1. The van der Waals surface area contributed by atoms with Gasteiger partial charge in [0.1, 0.15) is 5.60 Å². The molecule has 0 amide bonds. The summed E-state index contributed by atoms with van der Waals surface area (Å²) >= 11 is 6.31. The molecule has 7 heteroatoms. The summed E-state index contributed by atoms with van der Waals surface area (Å²) < 4.78 is 24.1. The summed E-state index contributed by atoms with van der Waals surface area (Å²) in [5.41, 5.74) is 2.68. The molecule has 3 rings (SSSR count). The van der Waals surface area contributed by atoms with Gasteiger partial charge in [-0.15, -0.1) is 0 Å². The molecule has 172 valence electrons. The molecule has 0 aliphatic carbocycles. The van der Waals surface area contributed by atoms with Gasteiger partial charge in [-0.1, -0.05) is 67.1 Å². The highest BCUT2D eigenvalue weighted by Gasteiger charge is 2.19. The number of sulfone groups is 1. The summed E-state index contributed by atoms with van der Waals surface area (Å²) in [5, 5.41) is 22.3. The molecule has 3 aromatic carbocycles. The molecule has 0 heterocycles. The zero-order chi connectivity index (χ0) is 24.2. The fraction of sp³-hybridized carbons (Fsp3) is 0.192. The van der Waals surface area contributed by atoms with Crippen LogP contribution in [0, 0.1) is 5.41 Å². The highest BCUT2D eigenvalue weighted by Crippen LogP contribution is 2.28. The molecule has 0 saturated heterocycles. The fourth-order valence-corrected chi connectivity index (χ4v) is 4.15. The molecule has 0 spiro atoms. The van der Waals surface area contributed by atoms with Gasteiger partial charge in [-0.25, -0.2) is 8.42 Å². The van der Waals surface area contributed by atoms with Gasteiger partial charge in [0.25, 0.3) is 0 Å². The van der Waals surface area contributed by atoms with E-state index in [2.05, 4.69) is 5.32 Å². The van der Waals surface area contributed by atoms with Crippen LogP contribution in [0.4, 0.5) is 5.69 Å². The summed E-state index contributed by atoms with van der Waals surface area (Å²) in [7, 11) is -3.24. The van der Waals surface area contributed by atoms with E-state index in [1.165, 1.54) is 0 Å². The first-order valence-corrected chi connectivity index (χ1v) is 12.5. The predicted molar refractivity (Wildman–Crippen MR) is 137 cm³/mol. The van der Waals surface area contributed by atoms with E-state index in [1.54, 1.807) is 57.2 Å². The first kappa shape index (κ1) is 24.7. The lowest BCUT2D eigenvalue weighted by Gasteiger charge is -2.19. The number of anilines is 1. The Hall–Kier alpha value is -2.93. The van der Waals surface area contributed by atoms with Crippen molar-refractivity contribution < 1.29 is 13.5 Å². The second-order valence-electron chi connectivity index (χ2n) is 8.14. The topological polar surface area (TPSA) is 90.2 Å². The molecule has 3 aromatic rings. The molecule has 0 unspecified atom stereocenters. The molecule has 0 bridgehead atoms. The van der Waals surface area contributed by atoms with E-state index in [9.17, 15) is 13.5 Å². The lowest BCUT2D eigenvalue weighted by molar-refractivity contribution is 0.154. The van der Waals surface area contributed by atoms with Crippen molar-refractivity contribution in [2.45, 2.75) is 31.3 Å². The van der Waals surface area contributed by atoms with Crippen LogP contribution in [0.2, 0.25) is 5.02 Å². The third-order valence-electron chi connectivity index (χ3n) is 5.21. The lowest BCUT2D eigenvalue weighted by atomic mass is 9.98. The number of hydrogen-bond acceptors (Lipinski definition) is 5. The van der Waals surface area contributed by atoms with Crippen molar-refractivity contribution in [2.24, 2.45) is 0 Å². The Kier molecular flexibility index (Phi) is 7.42. The Bertz CT molecular complexity index is 1270. The summed E-state index contributed by atoms with van der Waals surface area (Å²) in [6, 6.07) is 21.8. The molecule has 0 fully saturated rings. The van der Waals surface area contributed by atoms with Gasteiger partial charge in [-0.2, -0.15) is 0 Å². The number of benzene rings is 3. The van der Waals surface area contributed by atoms with Gasteiger partial charge in [-0.05, 0) is 60.9 Å². The second-order valence-corrected chi connectivity index (χ2v) is 10.8. The molecule has 0 aliphatic heterocycles. The van der Waals surface area contributed by atoms with Crippen molar-refractivity contribution in [1.29, 1.82) is 5.41 Å². The summed E-state index contributed by atoms with van der Waals surface area (Å²) in [5.74, 6) is 0.0637. The van der Waals surface area contributed by atoms with Crippen LogP contribution in [0.25, 0.3) is 16.8 Å². The van der Waals surface area contributed by atoms with Crippen LogP contribution in [-0.4, -0.2) is 30.6 Å². The Balaban J connectivity index is 1.94. The average molecular weight is 483 g/mol. The molecule has 0 radical (unpaired) electrons. The average Bonchev–Trinajstić information content (AvgIpc) is 2.79. The Morgan fingerprint density at radius 2 is 1.55 bits per heavy atom. The van der Waals surface area contributed by atoms with E-state index in [1.807, 2.05) is 42.5 Å². The summed E-state index contributed by atoms with van der Waals surface area (Å²) in [6.45, 7) is 4.75. The van der Waals surface area contributed by atoms with Crippen LogP contribution in [0.1, 0.15) is 26.3 Å². The maximum atomic E-state index is 12.0. The van der Waals surface area contributed by atoms with Crippen molar-refractivity contribution in [3.63, 3.8) is 0 Å². The van der Waals surface area contributed by atoms with E-state index in [4.69, 9.17) is 17.0 Å². The van der Waals surface area contributed by atoms with Crippen molar-refractivity contribution >= 4 is 38.5 Å². The Morgan fingerprint density at radius 3 is 2.06 bits per heavy atom. The van der Waals surface area contributed by atoms with Gasteiger partial charge in [0.05, 0.1) is 27.1 Å². The number of para-hydroxylation sites is 1. The third kappa shape index (κ3) is 6.11. The summed E-state index contributed by atoms with van der Waals surface area (Å²) in [4.78, 5) is 0.310. The van der Waals surface area contributed by atoms with Crippen LogP contribution >= 0.6 is 11.6 Å². The van der Waals surface area contributed by atoms with Gasteiger partial charge < -0.3 is 15.8 Å². The second kappa shape index (κ2) is 9.91. The van der Waals surface area contributed by atoms with Gasteiger partial charge >= 0.3 is 0 Å². The molecular formula is C26H27ClN2O3S. The summed E-state index contributed by atoms with van der Waals surface area (Å²) in [6.07, 6.45) is 1.59. The third-order valence-corrected chi connectivity index (χ3v) is 7.29. The van der Waals surface area contributed by atoms with Crippen molar-refractivity contribution in [1.82, 2.24) is 0 Å². The largest absolute Gasteiger partial charge is 0.384 e. The molecular weight excluding hydrogens is 456 g/mol. The van der Waals surface area contributed by atoms with Crippen LogP contribution in [0.15, 0.2) is 83.8 Å². The number of nitrogens with one attached hydrogen (secondary N) is 2. The quantitative estimate of drug-likeness (QED) is 0.341. The van der Waals surface area contributed by atoms with E-state index < -0.39 is 15.4 Å². The van der Waals surface area contributed by atoms with E-state index in [-0.39, 0.29) is 11.5 Å². The van der Waals surface area contributed by atoms with Crippen LogP contribution in [0.3, 0.4) is 0 Å². The van der Waals surface area contributed by atoms with Crippen molar-refractivity contribution in [3.8, 4) is 11.1 Å². The monoisotopic (exact) mass is 482 g/mol. The minimum Gasteiger partial charge on any atom is -0.384 e. The standard InChI is InChI=1S/C26H27ClN2O3S/c1-4-33(31,32)21-15-13-19(14-16-21)18-9-11-20(12-10-18)24(17-25(28)26(2,3)30)29-23-8-6-5-7-22(23)27/h5-17,28-30H,4H2,1-3H3/b24-17-,28-25?. The number of hydrogen-bond donors (Lipinski definition) is 3. The SMILES string of the molecule is CCS(=O)(=O)c1ccc(-c2ccc(/C(=C/C(=N)C(C)(C)O)Nc3ccccc3Cl)cc2)cc1. The zero-order valence-corrected chi connectivity index (χ0v) is 20.3. The molecule has 0 aromatic heterocycles. The van der Waals surface area contributed by atoms with Gasteiger partial charge in [-0.3, -0.25) is 0 Å². The Labute approximate surface area is 200 Å². The molecule has 3 N–H and O–H groups in total. The predicted octanol–water partition coefficient (Wildman–Crippen LogP) is 6.04. The highest BCUT2D eigenvalue weighted by molar-refractivity contribution is 7.91. The van der Waals surface area contributed by atoms with Gasteiger partial charge in [0.2, 0.25) is 0 Å². The molecule has 0 aliphatic rings. The van der Waals surface area contributed by atoms with Crippen molar-refractivity contribution in [2.75, 3.05) is 11.1 Å². The first-order valence-electron chi connectivity index (χ1n) is 10.5. The maximum Gasteiger partial charge on any atom is 0.178 e. The molecule has 33 heavy (non-hydrogen) atoms. The minimum atomic E-state index is -3.24. The van der Waals surface area contributed by atoms with Gasteiger partial charge in [0, 0.05) is 5.70 Å². The molecule has 0 saturated carbocycles. The smallest absolute Gasteiger partial charge is 0.178 e. The zero-order valence-electron chi connectivity index (χ0n) is 18.8. The molecule has 5 nitrogen and oxygen atoms in total. The highest BCUT2D eigenvalue weighted by atomic mass is 35.5. The van der Waals surface area contributed by atoms with E-state index in [0.29, 0.717) is 21.3 Å². The number of aliphatic hydroxyl groups is 1. The normalized spacial score (nSPS) is 12.5.